The largest absolute Gasteiger partial charge is 0.376 e. The normalized spacial score (nSPS) is 19.1. The molecule has 2 fully saturated rings. The Morgan fingerprint density at radius 2 is 2.07 bits per heavy atom. The Kier molecular flexibility index (Phi) is 6.64. The molecule has 0 saturated carbocycles. The van der Waals surface area contributed by atoms with Gasteiger partial charge in [0.2, 0.25) is 0 Å². The highest BCUT2D eigenvalue weighted by Crippen LogP contribution is 2.32. The lowest BCUT2D eigenvalue weighted by Crippen LogP contribution is -2.37. The third-order valence-electron chi connectivity index (χ3n) is 5.78. The van der Waals surface area contributed by atoms with E-state index in [0.29, 0.717) is 24.3 Å². The lowest BCUT2D eigenvalue weighted by atomic mass is 10.1. The number of piperidine rings is 1. The van der Waals surface area contributed by atoms with Crippen molar-refractivity contribution >= 4 is 28.6 Å². The molecule has 2 saturated heterocycles. The van der Waals surface area contributed by atoms with Gasteiger partial charge in [-0.05, 0) is 55.7 Å². The molecule has 0 spiro atoms. The van der Waals surface area contributed by atoms with Gasteiger partial charge in [0, 0.05) is 42.7 Å². The number of hydrogen-bond donors (Lipinski definition) is 0. The van der Waals surface area contributed by atoms with E-state index in [0.717, 1.165) is 56.7 Å². The molecular weight excluding hydrogens is 402 g/mol. The van der Waals surface area contributed by atoms with Crippen LogP contribution in [-0.2, 0) is 11.3 Å². The van der Waals surface area contributed by atoms with Crippen LogP contribution in [-0.4, -0.2) is 48.1 Å². The average molecular weight is 430 g/mol. The minimum absolute atomic E-state index is 0.0101. The average Bonchev–Trinajstić information content (AvgIpc) is 3.47. The second kappa shape index (κ2) is 9.57. The predicted octanol–water partition coefficient (Wildman–Crippen LogP) is 4.47. The van der Waals surface area contributed by atoms with Crippen molar-refractivity contribution in [1.29, 1.82) is 0 Å². The third kappa shape index (κ3) is 4.82. The Morgan fingerprint density at radius 3 is 2.73 bits per heavy atom. The minimum Gasteiger partial charge on any atom is -0.376 e. The van der Waals surface area contributed by atoms with Crippen LogP contribution in [0.3, 0.4) is 0 Å². The number of nitro groups is 1. The molecule has 1 aromatic heterocycles. The van der Waals surface area contributed by atoms with Crippen molar-refractivity contribution in [1.82, 2.24) is 4.90 Å². The van der Waals surface area contributed by atoms with Crippen LogP contribution in [0.25, 0.3) is 0 Å². The summed E-state index contributed by atoms with van der Waals surface area (Å²) in [7, 11) is 0. The summed E-state index contributed by atoms with van der Waals surface area (Å²) in [5.74, 6) is -0.188. The molecule has 8 heteroatoms. The van der Waals surface area contributed by atoms with Crippen LogP contribution < -0.4 is 4.90 Å². The van der Waals surface area contributed by atoms with Gasteiger partial charge in [0.05, 0.1) is 17.6 Å². The quantitative estimate of drug-likeness (QED) is 0.479. The molecule has 1 amide bonds. The number of carbonyl (C=O) groups is 1. The second-order valence-corrected chi connectivity index (χ2v) is 8.94. The van der Waals surface area contributed by atoms with Crippen molar-refractivity contribution in [2.75, 3.05) is 31.1 Å². The number of amides is 1. The Hall–Kier alpha value is -2.45. The van der Waals surface area contributed by atoms with Crippen molar-refractivity contribution in [2.45, 2.75) is 44.8 Å². The number of benzene rings is 1. The van der Waals surface area contributed by atoms with Crippen molar-refractivity contribution in [3.8, 4) is 0 Å². The number of nitrogens with zero attached hydrogens (tertiary/aromatic N) is 3. The number of carbonyl (C=O) groups excluding carboxylic acids is 1. The standard InChI is InChI=1S/C22H27N3O4S/c26-22(24(15-18-6-4-12-29-18)16-19-7-5-13-30-19)17-8-9-20(21(14-17)25(27)28)23-10-2-1-3-11-23/h5,7-9,13-14,18H,1-4,6,10-12,15-16H2. The summed E-state index contributed by atoms with van der Waals surface area (Å²) < 4.78 is 5.74. The monoisotopic (exact) mass is 429 g/mol. The summed E-state index contributed by atoms with van der Waals surface area (Å²) in [5.41, 5.74) is 0.980. The zero-order valence-corrected chi connectivity index (χ0v) is 17.8. The summed E-state index contributed by atoms with van der Waals surface area (Å²) in [6.07, 6.45) is 5.18. The molecule has 1 aromatic carbocycles. The van der Waals surface area contributed by atoms with Crippen LogP contribution in [0.1, 0.15) is 47.3 Å². The van der Waals surface area contributed by atoms with Gasteiger partial charge in [-0.1, -0.05) is 6.07 Å². The molecule has 4 rings (SSSR count). The highest BCUT2D eigenvalue weighted by molar-refractivity contribution is 7.09. The van der Waals surface area contributed by atoms with Gasteiger partial charge in [0.25, 0.3) is 11.6 Å². The number of anilines is 1. The van der Waals surface area contributed by atoms with E-state index in [2.05, 4.69) is 4.90 Å². The van der Waals surface area contributed by atoms with E-state index in [1.165, 1.54) is 6.07 Å². The van der Waals surface area contributed by atoms with E-state index in [4.69, 9.17) is 4.74 Å². The van der Waals surface area contributed by atoms with E-state index in [1.807, 2.05) is 17.5 Å². The van der Waals surface area contributed by atoms with E-state index in [-0.39, 0.29) is 22.6 Å². The fourth-order valence-corrected chi connectivity index (χ4v) is 4.95. The van der Waals surface area contributed by atoms with Gasteiger partial charge in [-0.25, -0.2) is 0 Å². The first-order valence-corrected chi connectivity index (χ1v) is 11.5. The molecule has 1 atom stereocenters. The first kappa shape index (κ1) is 20.8. The topological polar surface area (TPSA) is 75.9 Å². The van der Waals surface area contributed by atoms with Gasteiger partial charge in [-0.2, -0.15) is 0 Å². The molecule has 2 aliphatic heterocycles. The summed E-state index contributed by atoms with van der Waals surface area (Å²) in [5, 5.41) is 13.8. The first-order chi connectivity index (χ1) is 14.6. The van der Waals surface area contributed by atoms with Gasteiger partial charge in [0.1, 0.15) is 5.69 Å². The fourth-order valence-electron chi connectivity index (χ4n) is 4.23. The van der Waals surface area contributed by atoms with Crippen LogP contribution in [0.4, 0.5) is 11.4 Å². The second-order valence-electron chi connectivity index (χ2n) is 7.91. The number of hydrogen-bond acceptors (Lipinski definition) is 6. The van der Waals surface area contributed by atoms with Crippen molar-refractivity contribution < 1.29 is 14.5 Å². The summed E-state index contributed by atoms with van der Waals surface area (Å²) >= 11 is 1.60. The van der Waals surface area contributed by atoms with Gasteiger partial charge in [-0.15, -0.1) is 11.3 Å². The molecule has 0 radical (unpaired) electrons. The van der Waals surface area contributed by atoms with Gasteiger partial charge < -0.3 is 14.5 Å². The summed E-state index contributed by atoms with van der Waals surface area (Å²) in [4.78, 5) is 29.7. The zero-order chi connectivity index (χ0) is 20.9. The maximum atomic E-state index is 13.4. The number of thiophene rings is 1. The molecule has 0 aliphatic carbocycles. The lowest BCUT2D eigenvalue weighted by molar-refractivity contribution is -0.384. The van der Waals surface area contributed by atoms with E-state index < -0.39 is 0 Å². The van der Waals surface area contributed by atoms with Crippen LogP contribution in [0.15, 0.2) is 35.7 Å². The molecule has 2 aliphatic rings. The molecule has 7 nitrogen and oxygen atoms in total. The Labute approximate surface area is 180 Å². The minimum atomic E-state index is -0.371. The Balaban J connectivity index is 1.59. The molecule has 1 unspecified atom stereocenters. The van der Waals surface area contributed by atoms with Crippen LogP contribution >= 0.6 is 11.3 Å². The number of rotatable bonds is 7. The Morgan fingerprint density at radius 1 is 1.23 bits per heavy atom. The van der Waals surface area contributed by atoms with Crippen LogP contribution in [0.5, 0.6) is 0 Å². The molecule has 160 valence electrons. The maximum absolute atomic E-state index is 13.4. The lowest BCUT2D eigenvalue weighted by Gasteiger charge is -2.29. The third-order valence-corrected chi connectivity index (χ3v) is 6.64. The summed E-state index contributed by atoms with van der Waals surface area (Å²) in [6, 6.07) is 8.89. The summed E-state index contributed by atoms with van der Waals surface area (Å²) in [6.45, 7) is 3.34. The van der Waals surface area contributed by atoms with E-state index >= 15 is 0 Å². The van der Waals surface area contributed by atoms with Gasteiger partial charge >= 0.3 is 0 Å². The molecular formula is C22H27N3O4S. The molecule has 2 aromatic rings. The van der Waals surface area contributed by atoms with Crippen molar-refractivity contribution in [3.05, 3.63) is 56.3 Å². The van der Waals surface area contributed by atoms with Gasteiger partial charge in [-0.3, -0.25) is 14.9 Å². The van der Waals surface area contributed by atoms with Crippen molar-refractivity contribution in [2.24, 2.45) is 0 Å². The zero-order valence-electron chi connectivity index (χ0n) is 17.0. The Bertz CT molecular complexity index is 875. The van der Waals surface area contributed by atoms with Crippen molar-refractivity contribution in [3.63, 3.8) is 0 Å². The fraction of sp³-hybridized carbons (Fsp3) is 0.500. The predicted molar refractivity (Wildman–Crippen MR) is 117 cm³/mol. The number of nitro benzene ring substituents is 1. The highest BCUT2D eigenvalue weighted by atomic mass is 32.1. The smallest absolute Gasteiger partial charge is 0.293 e. The first-order valence-electron chi connectivity index (χ1n) is 10.6. The van der Waals surface area contributed by atoms with Gasteiger partial charge in [0.15, 0.2) is 0 Å². The molecule has 0 N–H and O–H groups in total. The van der Waals surface area contributed by atoms with E-state index in [9.17, 15) is 14.9 Å². The SMILES string of the molecule is O=C(c1ccc(N2CCCCC2)c([N+](=O)[O-])c1)N(Cc1cccs1)CC1CCCO1. The molecule has 30 heavy (non-hydrogen) atoms. The van der Waals surface area contributed by atoms with E-state index in [1.54, 1.807) is 28.4 Å². The van der Waals surface area contributed by atoms with Crippen LogP contribution in [0.2, 0.25) is 0 Å². The maximum Gasteiger partial charge on any atom is 0.293 e. The molecule has 3 heterocycles. The molecule has 0 bridgehead atoms. The number of ether oxygens (including phenoxy) is 1. The van der Waals surface area contributed by atoms with Crippen LogP contribution in [0, 0.1) is 10.1 Å². The highest BCUT2D eigenvalue weighted by Gasteiger charge is 2.27.